The topological polar surface area (TPSA) is 17.1 Å². The molecule has 92 valence electrons. The summed E-state index contributed by atoms with van der Waals surface area (Å²) in [7, 11) is 0. The smallest absolute Gasteiger partial charge is 0.166 e. The number of Topliss-reactive ketones (excluding diaryl/α,β-unsaturated/α-hetero) is 1. The monoisotopic (exact) mass is 296 g/mol. The third-order valence-electron chi connectivity index (χ3n) is 3.24. The molecule has 1 heterocycles. The van der Waals surface area contributed by atoms with Crippen molar-refractivity contribution in [3.63, 3.8) is 0 Å². The molecule has 0 amide bonds. The Morgan fingerprint density at radius 3 is 2.72 bits per heavy atom. The molecule has 1 aliphatic carbocycles. The molecule has 1 nitrogen and oxygen atoms in total. The number of carbonyl (C=O) groups excluding carboxylic acids is 1. The average molecular weight is 297 g/mol. The second-order valence-electron chi connectivity index (χ2n) is 4.46. The van der Waals surface area contributed by atoms with E-state index in [9.17, 15) is 4.79 Å². The van der Waals surface area contributed by atoms with E-state index in [1.54, 1.807) is 29.5 Å². The lowest BCUT2D eigenvalue weighted by Gasteiger charge is -2.02. The lowest BCUT2D eigenvalue weighted by Crippen LogP contribution is -2.02. The third kappa shape index (κ3) is 2.20. The summed E-state index contributed by atoms with van der Waals surface area (Å²) < 4.78 is 0. The van der Waals surface area contributed by atoms with Gasteiger partial charge in [0.2, 0.25) is 0 Å². The highest BCUT2D eigenvalue weighted by molar-refractivity contribution is 7.10. The van der Waals surface area contributed by atoms with E-state index in [1.165, 1.54) is 4.88 Å². The zero-order chi connectivity index (χ0) is 12.7. The minimum absolute atomic E-state index is 0.112. The first-order chi connectivity index (χ1) is 8.66. The van der Waals surface area contributed by atoms with Crippen LogP contribution in [0.4, 0.5) is 0 Å². The van der Waals surface area contributed by atoms with Gasteiger partial charge < -0.3 is 0 Å². The zero-order valence-corrected chi connectivity index (χ0v) is 11.7. The summed E-state index contributed by atoms with van der Waals surface area (Å²) in [6.07, 6.45) is 0.944. The Hall–Kier alpha value is -0.830. The Morgan fingerprint density at radius 1 is 1.22 bits per heavy atom. The number of rotatable bonds is 3. The Bertz CT molecular complexity index is 592. The molecule has 2 unspecified atom stereocenters. The number of hydrogen-bond donors (Lipinski definition) is 0. The van der Waals surface area contributed by atoms with Gasteiger partial charge in [-0.2, -0.15) is 0 Å². The minimum Gasteiger partial charge on any atom is -0.294 e. The van der Waals surface area contributed by atoms with Crippen molar-refractivity contribution >= 4 is 40.3 Å². The van der Waals surface area contributed by atoms with E-state index >= 15 is 0 Å². The number of ketones is 1. The lowest BCUT2D eigenvalue weighted by atomic mass is 10.1. The number of benzene rings is 1. The quantitative estimate of drug-likeness (QED) is 0.725. The van der Waals surface area contributed by atoms with Crippen LogP contribution in [0.3, 0.4) is 0 Å². The maximum atomic E-state index is 12.3. The summed E-state index contributed by atoms with van der Waals surface area (Å²) in [5.74, 6) is 0.680. The van der Waals surface area contributed by atoms with Crippen LogP contribution in [0.5, 0.6) is 0 Å². The Balaban J connectivity index is 1.78. The van der Waals surface area contributed by atoms with Crippen molar-refractivity contribution < 1.29 is 4.79 Å². The summed E-state index contributed by atoms with van der Waals surface area (Å²) in [5, 5.41) is 2.98. The van der Waals surface area contributed by atoms with Crippen molar-refractivity contribution in [1.29, 1.82) is 0 Å². The molecule has 1 fully saturated rings. The van der Waals surface area contributed by atoms with Gasteiger partial charge in [0.05, 0.1) is 10.0 Å². The van der Waals surface area contributed by atoms with Crippen molar-refractivity contribution in [2.45, 2.75) is 12.3 Å². The van der Waals surface area contributed by atoms with Gasteiger partial charge in [-0.15, -0.1) is 11.3 Å². The molecule has 4 heteroatoms. The van der Waals surface area contributed by atoms with E-state index in [4.69, 9.17) is 23.2 Å². The van der Waals surface area contributed by atoms with Crippen molar-refractivity contribution in [1.82, 2.24) is 0 Å². The summed E-state index contributed by atoms with van der Waals surface area (Å²) >= 11 is 13.5. The third-order valence-corrected chi connectivity index (χ3v) is 4.98. The van der Waals surface area contributed by atoms with Crippen molar-refractivity contribution in [3.8, 4) is 0 Å². The van der Waals surface area contributed by atoms with E-state index in [-0.39, 0.29) is 11.7 Å². The molecule has 0 radical (unpaired) electrons. The molecule has 0 bridgehead atoms. The summed E-state index contributed by atoms with van der Waals surface area (Å²) in [6.45, 7) is 0. The van der Waals surface area contributed by atoms with Gasteiger partial charge in [-0.25, -0.2) is 0 Å². The van der Waals surface area contributed by atoms with Crippen LogP contribution in [0.2, 0.25) is 10.0 Å². The van der Waals surface area contributed by atoms with Crippen LogP contribution < -0.4 is 0 Å². The van der Waals surface area contributed by atoms with Gasteiger partial charge >= 0.3 is 0 Å². The van der Waals surface area contributed by atoms with E-state index in [0.717, 1.165) is 6.42 Å². The molecule has 0 saturated heterocycles. The van der Waals surface area contributed by atoms with Gasteiger partial charge in [0.25, 0.3) is 0 Å². The maximum absolute atomic E-state index is 12.3. The molecule has 1 aliphatic rings. The second kappa shape index (κ2) is 4.69. The van der Waals surface area contributed by atoms with Crippen LogP contribution in [0.1, 0.15) is 27.6 Å². The lowest BCUT2D eigenvalue weighted by molar-refractivity contribution is 0.0965. The number of hydrogen-bond acceptors (Lipinski definition) is 2. The van der Waals surface area contributed by atoms with Gasteiger partial charge in [-0.3, -0.25) is 4.79 Å². The van der Waals surface area contributed by atoms with Crippen LogP contribution in [-0.4, -0.2) is 5.78 Å². The fourth-order valence-corrected chi connectivity index (χ4v) is 3.37. The fourth-order valence-electron chi connectivity index (χ4n) is 2.16. The molecule has 1 aromatic carbocycles. The highest BCUT2D eigenvalue weighted by atomic mass is 35.5. The number of carbonyl (C=O) groups is 1. The van der Waals surface area contributed by atoms with Crippen LogP contribution in [0.25, 0.3) is 0 Å². The highest BCUT2D eigenvalue weighted by Gasteiger charge is 2.44. The SMILES string of the molecule is O=C(c1ccc(Cl)c(Cl)c1)C1CC1c1cccs1. The molecule has 0 spiro atoms. The largest absolute Gasteiger partial charge is 0.294 e. The predicted molar refractivity (Wildman–Crippen MR) is 76.0 cm³/mol. The van der Waals surface area contributed by atoms with Gasteiger partial charge in [-0.1, -0.05) is 29.3 Å². The molecule has 18 heavy (non-hydrogen) atoms. The Kier molecular flexibility index (Phi) is 3.18. The molecule has 1 aromatic heterocycles. The first kappa shape index (κ1) is 12.2. The molecule has 2 atom stereocenters. The maximum Gasteiger partial charge on any atom is 0.166 e. The highest BCUT2D eigenvalue weighted by Crippen LogP contribution is 2.50. The first-order valence-corrected chi connectivity index (χ1v) is 7.33. The number of halogens is 2. The molecule has 0 aliphatic heterocycles. The van der Waals surface area contributed by atoms with Crippen molar-refractivity contribution in [3.05, 3.63) is 56.2 Å². The van der Waals surface area contributed by atoms with Gasteiger partial charge in [0, 0.05) is 22.3 Å². The van der Waals surface area contributed by atoms with Crippen LogP contribution in [0.15, 0.2) is 35.7 Å². The normalized spacial score (nSPS) is 21.9. The standard InChI is InChI=1S/C14H10Cl2OS/c15-11-4-3-8(6-12(11)16)14(17)10-7-9(10)13-2-1-5-18-13/h1-6,9-10H,7H2. The molecule has 3 rings (SSSR count). The van der Waals surface area contributed by atoms with Crippen LogP contribution in [-0.2, 0) is 0 Å². The average Bonchev–Trinajstić information content (AvgIpc) is 2.98. The Morgan fingerprint density at radius 2 is 2.06 bits per heavy atom. The van der Waals surface area contributed by atoms with Crippen molar-refractivity contribution in [2.75, 3.05) is 0 Å². The van der Waals surface area contributed by atoms with Crippen LogP contribution >= 0.6 is 34.5 Å². The summed E-state index contributed by atoms with van der Waals surface area (Å²) in [4.78, 5) is 13.6. The predicted octanol–water partition coefficient (Wildman–Crippen LogP) is 5.04. The summed E-state index contributed by atoms with van der Waals surface area (Å²) in [5.41, 5.74) is 0.661. The van der Waals surface area contributed by atoms with Crippen molar-refractivity contribution in [2.24, 2.45) is 5.92 Å². The molecule has 1 saturated carbocycles. The molecule has 0 N–H and O–H groups in total. The summed E-state index contributed by atoms with van der Waals surface area (Å²) in [6, 6.07) is 9.21. The molecule has 2 aromatic rings. The van der Waals surface area contributed by atoms with Gasteiger partial charge in [0.1, 0.15) is 0 Å². The van der Waals surface area contributed by atoms with Gasteiger partial charge in [-0.05, 0) is 36.1 Å². The van der Waals surface area contributed by atoms with E-state index < -0.39 is 0 Å². The molecular formula is C14H10Cl2OS. The van der Waals surface area contributed by atoms with Gasteiger partial charge in [0.15, 0.2) is 5.78 Å². The van der Waals surface area contributed by atoms with E-state index in [1.807, 2.05) is 11.4 Å². The Labute approximate surface area is 119 Å². The number of thiophene rings is 1. The second-order valence-corrected chi connectivity index (χ2v) is 6.25. The van der Waals surface area contributed by atoms with Crippen LogP contribution in [0, 0.1) is 5.92 Å². The van der Waals surface area contributed by atoms with E-state index in [0.29, 0.717) is 21.5 Å². The minimum atomic E-state index is 0.112. The molecular weight excluding hydrogens is 287 g/mol. The van der Waals surface area contributed by atoms with E-state index in [2.05, 4.69) is 6.07 Å². The first-order valence-electron chi connectivity index (χ1n) is 5.69. The fraction of sp³-hybridized carbons (Fsp3) is 0.214. The zero-order valence-electron chi connectivity index (χ0n) is 9.40.